The van der Waals surface area contributed by atoms with Gasteiger partial charge in [-0.05, 0) is 12.2 Å². The van der Waals surface area contributed by atoms with E-state index >= 15 is 0 Å². The lowest BCUT2D eigenvalue weighted by Crippen LogP contribution is -2.30. The minimum absolute atomic E-state index is 0.226. The molecule has 0 bridgehead atoms. The van der Waals surface area contributed by atoms with E-state index < -0.39 is 5.91 Å². The van der Waals surface area contributed by atoms with Gasteiger partial charge in [-0.25, -0.2) is 5.84 Å². The second kappa shape index (κ2) is 6.47. The van der Waals surface area contributed by atoms with E-state index in [4.69, 9.17) is 10.4 Å². The molecule has 0 atom stereocenters. The Bertz CT molecular complexity index is 314. The summed E-state index contributed by atoms with van der Waals surface area (Å²) in [6.45, 7) is 2.15. The summed E-state index contributed by atoms with van der Waals surface area (Å²) >= 11 is 1.77. The molecule has 3 N–H and O–H groups in total. The van der Waals surface area contributed by atoms with E-state index in [1.807, 2.05) is 5.43 Å². The number of amides is 1. The molecule has 0 aliphatic carbocycles. The molecule has 0 aliphatic heterocycles. The van der Waals surface area contributed by atoms with Crippen molar-refractivity contribution in [3.8, 4) is 0 Å². The van der Waals surface area contributed by atoms with Crippen molar-refractivity contribution in [1.82, 2.24) is 10.6 Å². The number of carbonyl (C=O) groups excluding carboxylic acids is 1. The second-order valence-electron chi connectivity index (χ2n) is 3.06. The first-order chi connectivity index (χ1) is 7.27. The molecule has 0 aliphatic rings. The van der Waals surface area contributed by atoms with Crippen molar-refractivity contribution in [2.45, 2.75) is 25.5 Å². The molecule has 6 heteroatoms. The standard InChI is InChI=1S/C9H15N3O2S/c1-2-3-4-15-6-7-5-8(12-14-7)9(13)11-10/h5H,2-4,6,10H2,1H3,(H,11,13). The molecule has 1 rings (SSSR count). The van der Waals surface area contributed by atoms with Crippen LogP contribution in [0.3, 0.4) is 0 Å². The third-order valence-corrected chi connectivity index (χ3v) is 2.88. The fourth-order valence-corrected chi connectivity index (χ4v) is 1.96. The summed E-state index contributed by atoms with van der Waals surface area (Å²) in [4.78, 5) is 11.0. The summed E-state index contributed by atoms with van der Waals surface area (Å²) in [6.07, 6.45) is 2.37. The minimum atomic E-state index is -0.427. The zero-order valence-corrected chi connectivity index (χ0v) is 9.47. The number of unbranched alkanes of at least 4 members (excludes halogenated alkanes) is 1. The van der Waals surface area contributed by atoms with Crippen LogP contribution < -0.4 is 11.3 Å². The van der Waals surface area contributed by atoms with Gasteiger partial charge in [-0.3, -0.25) is 10.2 Å². The third kappa shape index (κ3) is 3.93. The predicted octanol–water partition coefficient (Wildman–Crippen LogP) is 1.31. The van der Waals surface area contributed by atoms with Gasteiger partial charge >= 0.3 is 0 Å². The molecule has 1 amide bonds. The van der Waals surface area contributed by atoms with Crippen LogP contribution in [0.25, 0.3) is 0 Å². The van der Waals surface area contributed by atoms with Crippen molar-refractivity contribution < 1.29 is 9.32 Å². The van der Waals surface area contributed by atoms with Crippen LogP contribution in [0, 0.1) is 0 Å². The number of hydrazine groups is 1. The molecule has 5 nitrogen and oxygen atoms in total. The van der Waals surface area contributed by atoms with E-state index in [9.17, 15) is 4.79 Å². The van der Waals surface area contributed by atoms with Crippen molar-refractivity contribution in [3.63, 3.8) is 0 Å². The predicted molar refractivity (Wildman–Crippen MR) is 59.2 cm³/mol. The summed E-state index contributed by atoms with van der Waals surface area (Å²) in [7, 11) is 0. The number of aromatic nitrogens is 1. The smallest absolute Gasteiger partial charge is 0.287 e. The highest BCUT2D eigenvalue weighted by Crippen LogP contribution is 2.14. The Hall–Kier alpha value is -1.01. The van der Waals surface area contributed by atoms with Crippen LogP contribution >= 0.6 is 11.8 Å². The third-order valence-electron chi connectivity index (χ3n) is 1.81. The molecule has 1 aromatic heterocycles. The van der Waals surface area contributed by atoms with Gasteiger partial charge < -0.3 is 4.52 Å². The van der Waals surface area contributed by atoms with Crippen LogP contribution in [0.1, 0.15) is 36.0 Å². The maximum atomic E-state index is 11.0. The second-order valence-corrected chi connectivity index (χ2v) is 4.16. The molecule has 0 unspecified atom stereocenters. The van der Waals surface area contributed by atoms with Crippen LogP contribution in [0.4, 0.5) is 0 Å². The fourth-order valence-electron chi connectivity index (χ4n) is 0.981. The van der Waals surface area contributed by atoms with Crippen LogP contribution in [0.2, 0.25) is 0 Å². The molecule has 0 saturated carbocycles. The zero-order chi connectivity index (χ0) is 11.1. The number of hydrogen-bond donors (Lipinski definition) is 2. The molecule has 0 radical (unpaired) electrons. The van der Waals surface area contributed by atoms with Crippen molar-refractivity contribution in [1.29, 1.82) is 0 Å². The molecule has 0 saturated heterocycles. The number of nitrogens with two attached hydrogens (primary N) is 1. The number of thioether (sulfide) groups is 1. The van der Waals surface area contributed by atoms with E-state index in [1.54, 1.807) is 17.8 Å². The van der Waals surface area contributed by atoms with Crippen molar-refractivity contribution in [2.75, 3.05) is 5.75 Å². The molecular weight excluding hydrogens is 214 g/mol. The number of nitrogen functional groups attached to an aromatic ring is 1. The van der Waals surface area contributed by atoms with Crippen molar-refractivity contribution in [3.05, 3.63) is 17.5 Å². The molecule has 1 aromatic rings. The maximum Gasteiger partial charge on any atom is 0.287 e. The van der Waals surface area contributed by atoms with Crippen molar-refractivity contribution >= 4 is 17.7 Å². The minimum Gasteiger partial charge on any atom is -0.360 e. The molecular formula is C9H15N3O2S. The topological polar surface area (TPSA) is 81.2 Å². The van der Waals surface area contributed by atoms with Crippen LogP contribution in [-0.2, 0) is 5.75 Å². The molecule has 0 spiro atoms. The summed E-state index contributed by atoms with van der Waals surface area (Å²) in [5, 5.41) is 3.61. The van der Waals surface area contributed by atoms with Crippen LogP contribution in [0.5, 0.6) is 0 Å². The van der Waals surface area contributed by atoms with Gasteiger partial charge in [-0.15, -0.1) is 0 Å². The SMILES string of the molecule is CCCCSCc1cc(C(=O)NN)no1. The van der Waals surface area contributed by atoms with E-state index in [0.717, 1.165) is 11.5 Å². The lowest BCUT2D eigenvalue weighted by Gasteiger charge is -1.95. The highest BCUT2D eigenvalue weighted by atomic mass is 32.2. The molecule has 0 aromatic carbocycles. The monoisotopic (exact) mass is 229 g/mol. The molecule has 84 valence electrons. The number of carbonyl (C=O) groups is 1. The van der Waals surface area contributed by atoms with Gasteiger partial charge in [0.1, 0.15) is 5.76 Å². The van der Waals surface area contributed by atoms with Gasteiger partial charge in [-0.1, -0.05) is 18.5 Å². The highest BCUT2D eigenvalue weighted by molar-refractivity contribution is 7.98. The van der Waals surface area contributed by atoms with E-state index in [-0.39, 0.29) is 5.69 Å². The average Bonchev–Trinajstić information content (AvgIpc) is 2.72. The quantitative estimate of drug-likeness (QED) is 0.333. The Morgan fingerprint density at radius 1 is 1.73 bits per heavy atom. The Morgan fingerprint density at radius 3 is 3.20 bits per heavy atom. The average molecular weight is 229 g/mol. The van der Waals surface area contributed by atoms with Gasteiger partial charge in [0.2, 0.25) is 0 Å². The molecule has 0 fully saturated rings. The molecule has 15 heavy (non-hydrogen) atoms. The Labute approximate surface area is 92.7 Å². The van der Waals surface area contributed by atoms with E-state index in [2.05, 4.69) is 12.1 Å². The largest absolute Gasteiger partial charge is 0.360 e. The van der Waals surface area contributed by atoms with Gasteiger partial charge in [0.05, 0.1) is 5.75 Å². The van der Waals surface area contributed by atoms with Gasteiger partial charge in [0.15, 0.2) is 5.69 Å². The highest BCUT2D eigenvalue weighted by Gasteiger charge is 2.10. The number of nitrogens with one attached hydrogen (secondary N) is 1. The van der Waals surface area contributed by atoms with Crippen molar-refractivity contribution in [2.24, 2.45) is 5.84 Å². The van der Waals surface area contributed by atoms with Gasteiger partial charge in [0.25, 0.3) is 5.91 Å². The number of rotatable bonds is 6. The first-order valence-corrected chi connectivity index (χ1v) is 5.97. The molecule has 1 heterocycles. The Morgan fingerprint density at radius 2 is 2.53 bits per heavy atom. The number of hydrogen-bond acceptors (Lipinski definition) is 5. The first-order valence-electron chi connectivity index (χ1n) is 4.82. The van der Waals surface area contributed by atoms with Crippen LogP contribution in [-0.4, -0.2) is 16.8 Å². The maximum absolute atomic E-state index is 11.0. The van der Waals surface area contributed by atoms with Crippen LogP contribution in [0.15, 0.2) is 10.6 Å². The van der Waals surface area contributed by atoms with E-state index in [0.29, 0.717) is 5.76 Å². The zero-order valence-electron chi connectivity index (χ0n) is 8.66. The summed E-state index contributed by atoms with van der Waals surface area (Å²) < 4.78 is 4.98. The normalized spacial score (nSPS) is 10.3. The fraction of sp³-hybridized carbons (Fsp3) is 0.556. The van der Waals surface area contributed by atoms with Gasteiger partial charge in [-0.2, -0.15) is 11.8 Å². The summed E-state index contributed by atoms with van der Waals surface area (Å²) in [5.41, 5.74) is 2.23. The Kier molecular flexibility index (Phi) is 5.20. The summed E-state index contributed by atoms with van der Waals surface area (Å²) in [5.74, 6) is 7.08. The lowest BCUT2D eigenvalue weighted by atomic mass is 10.4. The Balaban J connectivity index is 2.36. The van der Waals surface area contributed by atoms with Gasteiger partial charge in [0, 0.05) is 6.07 Å². The summed E-state index contributed by atoms with van der Waals surface area (Å²) in [6, 6.07) is 1.61. The lowest BCUT2D eigenvalue weighted by molar-refractivity contribution is 0.0944. The number of nitrogens with zero attached hydrogens (tertiary/aromatic N) is 1. The first kappa shape index (κ1) is 12.1. The van der Waals surface area contributed by atoms with E-state index in [1.165, 1.54) is 12.8 Å².